The van der Waals surface area contributed by atoms with Crippen LogP contribution >= 0.6 is 0 Å². The Bertz CT molecular complexity index is 1010. The van der Waals surface area contributed by atoms with E-state index in [1.807, 2.05) is 6.07 Å². The molecule has 1 N–H and O–H groups in total. The summed E-state index contributed by atoms with van der Waals surface area (Å²) in [7, 11) is 0. The summed E-state index contributed by atoms with van der Waals surface area (Å²) < 4.78 is 0. The minimum absolute atomic E-state index is 0.0944. The van der Waals surface area contributed by atoms with Gasteiger partial charge in [0.25, 0.3) is 0 Å². The lowest BCUT2D eigenvalue weighted by Gasteiger charge is -2.40. The molecular formula is C25H28N4. The zero-order valence-electron chi connectivity index (χ0n) is 17.2. The van der Waals surface area contributed by atoms with Gasteiger partial charge in [-0.1, -0.05) is 68.4 Å². The molecule has 0 saturated heterocycles. The van der Waals surface area contributed by atoms with Gasteiger partial charge in [-0.05, 0) is 29.5 Å². The summed E-state index contributed by atoms with van der Waals surface area (Å²) in [5, 5.41) is 3.45. The van der Waals surface area contributed by atoms with Crippen LogP contribution in [0.25, 0.3) is 0 Å². The van der Waals surface area contributed by atoms with Gasteiger partial charge in [-0.3, -0.25) is 0 Å². The number of anilines is 2. The Morgan fingerprint density at radius 1 is 1.00 bits per heavy atom. The summed E-state index contributed by atoms with van der Waals surface area (Å²) in [5.41, 5.74) is 5.37. The Morgan fingerprint density at radius 3 is 2.55 bits per heavy atom. The van der Waals surface area contributed by atoms with Gasteiger partial charge in [0.15, 0.2) is 0 Å². The van der Waals surface area contributed by atoms with Gasteiger partial charge in [0.1, 0.15) is 5.82 Å². The zero-order chi connectivity index (χ0) is 19.8. The highest BCUT2D eigenvalue weighted by atomic mass is 15.2. The molecule has 2 heterocycles. The molecule has 1 saturated carbocycles. The van der Waals surface area contributed by atoms with Crippen molar-refractivity contribution >= 4 is 11.8 Å². The third-order valence-corrected chi connectivity index (χ3v) is 6.04. The lowest BCUT2D eigenvalue weighted by molar-refractivity contribution is 0.474. The molecule has 29 heavy (non-hydrogen) atoms. The van der Waals surface area contributed by atoms with Crippen molar-refractivity contribution in [1.29, 1.82) is 0 Å². The van der Waals surface area contributed by atoms with E-state index in [9.17, 15) is 0 Å². The number of benzene rings is 2. The van der Waals surface area contributed by atoms with E-state index in [0.29, 0.717) is 5.92 Å². The fourth-order valence-electron chi connectivity index (χ4n) is 4.36. The van der Waals surface area contributed by atoms with Gasteiger partial charge >= 0.3 is 0 Å². The number of fused-ring (bicyclic) bond motifs is 1. The molecule has 0 bridgehead atoms. The number of hydrogen-bond acceptors (Lipinski definition) is 4. The Kier molecular flexibility index (Phi) is 4.50. The van der Waals surface area contributed by atoms with Gasteiger partial charge in [-0.25, -0.2) is 4.98 Å². The van der Waals surface area contributed by atoms with Gasteiger partial charge in [-0.15, -0.1) is 0 Å². The Labute approximate surface area is 173 Å². The van der Waals surface area contributed by atoms with Gasteiger partial charge in [0.05, 0.1) is 5.69 Å². The zero-order valence-corrected chi connectivity index (χ0v) is 17.2. The van der Waals surface area contributed by atoms with Gasteiger partial charge in [0, 0.05) is 37.0 Å². The van der Waals surface area contributed by atoms with Crippen molar-refractivity contribution < 1.29 is 0 Å². The van der Waals surface area contributed by atoms with Crippen molar-refractivity contribution in [1.82, 2.24) is 9.97 Å². The molecule has 0 unspecified atom stereocenters. The lowest BCUT2D eigenvalue weighted by Crippen LogP contribution is -2.42. The van der Waals surface area contributed by atoms with Crippen molar-refractivity contribution in [2.75, 3.05) is 16.8 Å². The fraction of sp³-hybridized carbons (Fsp3) is 0.360. The molecule has 4 nitrogen and oxygen atoms in total. The van der Waals surface area contributed by atoms with E-state index in [1.165, 1.54) is 35.2 Å². The summed E-state index contributed by atoms with van der Waals surface area (Å²) in [6.07, 6.45) is 2.48. The van der Waals surface area contributed by atoms with Crippen LogP contribution in [0.5, 0.6) is 0 Å². The second kappa shape index (κ2) is 7.18. The van der Waals surface area contributed by atoms with Crippen LogP contribution in [-0.2, 0) is 18.5 Å². The van der Waals surface area contributed by atoms with Crippen LogP contribution in [0.3, 0.4) is 0 Å². The fourth-order valence-corrected chi connectivity index (χ4v) is 4.36. The van der Waals surface area contributed by atoms with E-state index < -0.39 is 0 Å². The average molecular weight is 385 g/mol. The summed E-state index contributed by atoms with van der Waals surface area (Å²) in [5.74, 6) is 2.38. The Hall–Kier alpha value is -2.88. The SMILES string of the molecule is CC1(C)CN(c2cc(C3CC3)nc(NCc3ccccc3)n2)Cc2ccccc21. The summed E-state index contributed by atoms with van der Waals surface area (Å²) in [6.45, 7) is 7.26. The van der Waals surface area contributed by atoms with Crippen LogP contribution < -0.4 is 10.2 Å². The molecule has 0 spiro atoms. The molecule has 1 aromatic heterocycles. The first-order chi connectivity index (χ1) is 14.1. The number of aromatic nitrogens is 2. The monoisotopic (exact) mass is 384 g/mol. The molecule has 5 rings (SSSR count). The maximum atomic E-state index is 4.92. The van der Waals surface area contributed by atoms with E-state index in [0.717, 1.165) is 31.4 Å². The molecule has 4 heteroatoms. The molecule has 148 valence electrons. The summed E-state index contributed by atoms with van der Waals surface area (Å²) >= 11 is 0. The Morgan fingerprint density at radius 2 is 1.76 bits per heavy atom. The normalized spacial score (nSPS) is 17.7. The van der Waals surface area contributed by atoms with Crippen molar-refractivity contribution in [2.24, 2.45) is 0 Å². The van der Waals surface area contributed by atoms with Crippen LogP contribution in [-0.4, -0.2) is 16.5 Å². The maximum absolute atomic E-state index is 4.92. The van der Waals surface area contributed by atoms with Crippen molar-refractivity contribution in [3.8, 4) is 0 Å². The Balaban J connectivity index is 1.44. The largest absolute Gasteiger partial charge is 0.351 e. The molecule has 2 aliphatic rings. The minimum Gasteiger partial charge on any atom is -0.351 e. The first-order valence-corrected chi connectivity index (χ1v) is 10.6. The molecule has 1 aliphatic carbocycles. The third-order valence-electron chi connectivity index (χ3n) is 6.04. The minimum atomic E-state index is 0.0944. The number of nitrogens with zero attached hydrogens (tertiary/aromatic N) is 3. The van der Waals surface area contributed by atoms with Crippen molar-refractivity contribution in [3.63, 3.8) is 0 Å². The summed E-state index contributed by atoms with van der Waals surface area (Å²) in [6, 6.07) is 21.5. The molecule has 0 radical (unpaired) electrons. The topological polar surface area (TPSA) is 41.1 Å². The van der Waals surface area contributed by atoms with Crippen LogP contribution in [0.2, 0.25) is 0 Å². The highest BCUT2D eigenvalue weighted by molar-refractivity contribution is 5.51. The number of nitrogens with one attached hydrogen (secondary N) is 1. The highest BCUT2D eigenvalue weighted by Gasteiger charge is 2.33. The molecule has 0 amide bonds. The van der Waals surface area contributed by atoms with Crippen LogP contribution in [0, 0.1) is 0 Å². The standard InChI is InChI=1S/C25H28N4/c1-25(2)17-29(16-20-10-6-7-11-21(20)25)23-14-22(19-12-13-19)27-24(28-23)26-15-18-8-4-3-5-9-18/h3-11,14,19H,12-13,15-17H2,1-2H3,(H,26,27,28). The predicted octanol–water partition coefficient (Wildman–Crippen LogP) is 5.26. The molecule has 2 aromatic carbocycles. The summed E-state index contributed by atoms with van der Waals surface area (Å²) in [4.78, 5) is 12.2. The quantitative estimate of drug-likeness (QED) is 0.651. The third kappa shape index (κ3) is 3.84. The molecule has 1 aliphatic heterocycles. The van der Waals surface area contributed by atoms with Crippen molar-refractivity contribution in [3.05, 3.63) is 83.0 Å². The molecule has 3 aromatic rings. The smallest absolute Gasteiger partial charge is 0.225 e. The van der Waals surface area contributed by atoms with Crippen LogP contribution in [0.15, 0.2) is 60.7 Å². The maximum Gasteiger partial charge on any atom is 0.225 e. The van der Waals surface area contributed by atoms with E-state index in [4.69, 9.17) is 9.97 Å². The molecule has 0 atom stereocenters. The lowest BCUT2D eigenvalue weighted by atomic mass is 9.78. The van der Waals surface area contributed by atoms with Crippen LogP contribution in [0.4, 0.5) is 11.8 Å². The van der Waals surface area contributed by atoms with E-state index in [1.54, 1.807) is 0 Å². The number of hydrogen-bond donors (Lipinski definition) is 1. The van der Waals surface area contributed by atoms with Crippen LogP contribution in [0.1, 0.15) is 55.0 Å². The second-order valence-corrected chi connectivity index (χ2v) is 8.99. The first kappa shape index (κ1) is 18.2. The van der Waals surface area contributed by atoms with E-state index in [-0.39, 0.29) is 5.41 Å². The van der Waals surface area contributed by atoms with E-state index in [2.05, 4.69) is 78.7 Å². The first-order valence-electron chi connectivity index (χ1n) is 10.6. The number of rotatable bonds is 5. The van der Waals surface area contributed by atoms with Gasteiger partial charge in [-0.2, -0.15) is 4.98 Å². The van der Waals surface area contributed by atoms with E-state index >= 15 is 0 Å². The molecular weight excluding hydrogens is 356 g/mol. The van der Waals surface area contributed by atoms with Gasteiger partial charge < -0.3 is 10.2 Å². The van der Waals surface area contributed by atoms with Crippen molar-refractivity contribution in [2.45, 2.75) is 51.1 Å². The second-order valence-electron chi connectivity index (χ2n) is 8.99. The molecule has 1 fully saturated rings. The van der Waals surface area contributed by atoms with Gasteiger partial charge in [0.2, 0.25) is 5.95 Å². The highest BCUT2D eigenvalue weighted by Crippen LogP contribution is 2.41. The predicted molar refractivity (Wildman–Crippen MR) is 118 cm³/mol. The average Bonchev–Trinajstić information content (AvgIpc) is 3.58.